The second-order valence-electron chi connectivity index (χ2n) is 5.96. The van der Waals surface area contributed by atoms with E-state index in [0.717, 1.165) is 10.0 Å². The van der Waals surface area contributed by atoms with Crippen LogP contribution in [0.2, 0.25) is 0 Å². The summed E-state index contributed by atoms with van der Waals surface area (Å²) in [6.07, 6.45) is 10.6. The van der Waals surface area contributed by atoms with Gasteiger partial charge in [-0.25, -0.2) is 0 Å². The van der Waals surface area contributed by atoms with Crippen LogP contribution in [0, 0.1) is 11.3 Å². The van der Waals surface area contributed by atoms with Crippen molar-refractivity contribution in [2.45, 2.75) is 31.7 Å². The summed E-state index contributed by atoms with van der Waals surface area (Å²) in [5.74, 6) is -0.395. The Balaban J connectivity index is 1.72. The fourth-order valence-electron chi connectivity index (χ4n) is 2.99. The molecule has 3 rings (SSSR count). The van der Waals surface area contributed by atoms with Crippen LogP contribution < -0.4 is 5.32 Å². The van der Waals surface area contributed by atoms with Crippen molar-refractivity contribution in [1.29, 1.82) is 5.26 Å². The van der Waals surface area contributed by atoms with Crippen molar-refractivity contribution in [1.82, 2.24) is 4.57 Å². The Morgan fingerprint density at radius 1 is 1.25 bits per heavy atom. The zero-order valence-corrected chi connectivity index (χ0v) is 14.8. The highest BCUT2D eigenvalue weighted by molar-refractivity contribution is 9.10. The van der Waals surface area contributed by atoms with Gasteiger partial charge in [-0.15, -0.1) is 0 Å². The summed E-state index contributed by atoms with van der Waals surface area (Å²) in [7, 11) is 0. The van der Waals surface area contributed by atoms with Gasteiger partial charge in [-0.1, -0.05) is 28.8 Å². The first kappa shape index (κ1) is 16.5. The van der Waals surface area contributed by atoms with Crippen molar-refractivity contribution in [2.75, 3.05) is 5.32 Å². The fourth-order valence-corrected chi connectivity index (χ4v) is 3.26. The van der Waals surface area contributed by atoms with Gasteiger partial charge in [-0.3, -0.25) is 4.79 Å². The largest absolute Gasteiger partial charge is 0.351 e. The van der Waals surface area contributed by atoms with Crippen molar-refractivity contribution in [3.05, 3.63) is 58.3 Å². The third kappa shape index (κ3) is 3.95. The smallest absolute Gasteiger partial charge is 0.266 e. The predicted molar refractivity (Wildman–Crippen MR) is 98.3 cm³/mol. The van der Waals surface area contributed by atoms with Crippen molar-refractivity contribution < 1.29 is 4.79 Å². The fraction of sp³-hybridized carbons (Fsp3) is 0.263. The number of benzene rings is 1. The molecule has 2 aromatic rings. The third-order valence-corrected chi connectivity index (χ3v) is 4.79. The molecule has 1 aromatic carbocycles. The second kappa shape index (κ2) is 7.50. The zero-order valence-electron chi connectivity index (χ0n) is 13.2. The molecule has 1 amide bonds. The molecule has 1 aromatic heterocycles. The molecule has 0 spiro atoms. The molecule has 4 nitrogen and oxygen atoms in total. The molecular formula is C19H18BrN3O. The van der Waals surface area contributed by atoms with E-state index in [1.165, 1.54) is 25.7 Å². The van der Waals surface area contributed by atoms with Gasteiger partial charge in [-0.05, 0) is 54.8 Å². The van der Waals surface area contributed by atoms with E-state index in [2.05, 4.69) is 25.8 Å². The van der Waals surface area contributed by atoms with Crippen molar-refractivity contribution >= 4 is 33.6 Å². The number of amides is 1. The van der Waals surface area contributed by atoms with Gasteiger partial charge < -0.3 is 9.88 Å². The maximum Gasteiger partial charge on any atom is 0.266 e. The van der Waals surface area contributed by atoms with Crippen LogP contribution in [0.1, 0.15) is 37.3 Å². The van der Waals surface area contributed by atoms with Crippen molar-refractivity contribution in [3.8, 4) is 6.07 Å². The summed E-state index contributed by atoms with van der Waals surface area (Å²) >= 11 is 3.35. The van der Waals surface area contributed by atoms with E-state index in [0.29, 0.717) is 11.7 Å². The Morgan fingerprint density at radius 2 is 1.96 bits per heavy atom. The van der Waals surface area contributed by atoms with Crippen LogP contribution in [0.3, 0.4) is 0 Å². The summed E-state index contributed by atoms with van der Waals surface area (Å²) in [5.41, 5.74) is 1.64. The average molecular weight is 384 g/mol. The molecule has 0 radical (unpaired) electrons. The van der Waals surface area contributed by atoms with E-state index in [1.807, 2.05) is 36.7 Å². The molecule has 1 aliphatic carbocycles. The SMILES string of the molecule is N#C/C(=C\c1ccn(C2CCCC2)c1)C(=O)Nc1ccc(Br)cc1. The van der Waals surface area contributed by atoms with Gasteiger partial charge in [0.25, 0.3) is 5.91 Å². The van der Waals surface area contributed by atoms with Crippen LogP contribution in [0.15, 0.2) is 52.8 Å². The number of nitrogens with one attached hydrogen (secondary N) is 1. The van der Waals surface area contributed by atoms with E-state index in [4.69, 9.17) is 0 Å². The molecule has 24 heavy (non-hydrogen) atoms. The van der Waals surface area contributed by atoms with Gasteiger partial charge in [0.1, 0.15) is 11.6 Å². The van der Waals surface area contributed by atoms with Gasteiger partial charge >= 0.3 is 0 Å². The lowest BCUT2D eigenvalue weighted by molar-refractivity contribution is -0.112. The first-order valence-corrected chi connectivity index (χ1v) is 8.81. The molecule has 0 unspecified atom stereocenters. The number of hydrogen-bond donors (Lipinski definition) is 1. The zero-order chi connectivity index (χ0) is 16.9. The van der Waals surface area contributed by atoms with Crippen LogP contribution in [0.5, 0.6) is 0 Å². The van der Waals surface area contributed by atoms with Gasteiger partial charge in [0.15, 0.2) is 0 Å². The molecule has 1 fully saturated rings. The minimum Gasteiger partial charge on any atom is -0.351 e. The van der Waals surface area contributed by atoms with Gasteiger partial charge in [-0.2, -0.15) is 5.26 Å². The molecule has 0 saturated heterocycles. The number of carbonyl (C=O) groups excluding carboxylic acids is 1. The quantitative estimate of drug-likeness (QED) is 0.602. The molecule has 1 aliphatic rings. The maximum absolute atomic E-state index is 12.3. The molecule has 122 valence electrons. The molecular weight excluding hydrogens is 366 g/mol. The monoisotopic (exact) mass is 383 g/mol. The van der Waals surface area contributed by atoms with Crippen LogP contribution in [-0.2, 0) is 4.79 Å². The van der Waals surface area contributed by atoms with Crippen LogP contribution >= 0.6 is 15.9 Å². The normalized spacial score (nSPS) is 15.2. The lowest BCUT2D eigenvalue weighted by atomic mass is 10.2. The number of rotatable bonds is 4. The Labute approximate surface area is 149 Å². The minimum atomic E-state index is -0.395. The first-order valence-electron chi connectivity index (χ1n) is 8.02. The van der Waals surface area contributed by atoms with Gasteiger partial charge in [0.2, 0.25) is 0 Å². The average Bonchev–Trinajstić information content (AvgIpc) is 3.25. The van der Waals surface area contributed by atoms with E-state index in [9.17, 15) is 10.1 Å². The third-order valence-electron chi connectivity index (χ3n) is 4.26. The number of halogens is 1. The molecule has 1 heterocycles. The molecule has 0 bridgehead atoms. The highest BCUT2D eigenvalue weighted by Crippen LogP contribution is 2.30. The number of carbonyl (C=O) groups is 1. The summed E-state index contributed by atoms with van der Waals surface area (Å²) < 4.78 is 3.13. The lowest BCUT2D eigenvalue weighted by Gasteiger charge is -2.10. The number of anilines is 1. The Hall–Kier alpha value is -2.32. The molecule has 0 atom stereocenters. The van der Waals surface area contributed by atoms with Crippen LogP contribution in [0.4, 0.5) is 5.69 Å². The number of hydrogen-bond acceptors (Lipinski definition) is 2. The van der Waals surface area contributed by atoms with E-state index in [-0.39, 0.29) is 5.57 Å². The number of nitriles is 1. The van der Waals surface area contributed by atoms with Crippen LogP contribution in [-0.4, -0.2) is 10.5 Å². The molecule has 0 aliphatic heterocycles. The van der Waals surface area contributed by atoms with Crippen molar-refractivity contribution in [3.63, 3.8) is 0 Å². The van der Waals surface area contributed by atoms with Crippen molar-refractivity contribution in [2.24, 2.45) is 0 Å². The summed E-state index contributed by atoms with van der Waals surface area (Å²) in [6.45, 7) is 0. The second-order valence-corrected chi connectivity index (χ2v) is 6.88. The maximum atomic E-state index is 12.3. The Kier molecular flexibility index (Phi) is 5.17. The Morgan fingerprint density at radius 3 is 2.62 bits per heavy atom. The summed E-state index contributed by atoms with van der Waals surface area (Å²) in [4.78, 5) is 12.3. The molecule has 1 saturated carbocycles. The highest BCUT2D eigenvalue weighted by atomic mass is 79.9. The van der Waals surface area contributed by atoms with E-state index < -0.39 is 5.91 Å². The standard InChI is InChI=1S/C19H18BrN3O/c20-16-5-7-17(8-6-16)22-19(24)15(12-21)11-14-9-10-23(13-14)18-3-1-2-4-18/h5-11,13,18H,1-4H2,(H,22,24)/b15-11+. The first-order chi connectivity index (χ1) is 11.7. The summed E-state index contributed by atoms with van der Waals surface area (Å²) in [5, 5.41) is 12.0. The minimum absolute atomic E-state index is 0.0992. The number of nitrogens with zero attached hydrogens (tertiary/aromatic N) is 2. The topological polar surface area (TPSA) is 57.8 Å². The number of aromatic nitrogens is 1. The predicted octanol–water partition coefficient (Wildman–Crippen LogP) is 4.91. The molecule has 5 heteroatoms. The van der Waals surface area contributed by atoms with Crippen LogP contribution in [0.25, 0.3) is 6.08 Å². The lowest BCUT2D eigenvalue weighted by Crippen LogP contribution is -2.13. The van der Waals surface area contributed by atoms with E-state index >= 15 is 0 Å². The van der Waals surface area contributed by atoms with E-state index in [1.54, 1.807) is 18.2 Å². The summed E-state index contributed by atoms with van der Waals surface area (Å²) in [6, 6.07) is 11.7. The molecule has 1 N–H and O–H groups in total. The van der Waals surface area contributed by atoms with Gasteiger partial charge in [0, 0.05) is 28.6 Å². The Bertz CT molecular complexity index is 793. The highest BCUT2D eigenvalue weighted by Gasteiger charge is 2.16. The van der Waals surface area contributed by atoms with Gasteiger partial charge in [0.05, 0.1) is 0 Å².